The van der Waals surface area contributed by atoms with Gasteiger partial charge in [0.05, 0.1) is 50.7 Å². The predicted molar refractivity (Wildman–Crippen MR) is 194 cm³/mol. The lowest BCUT2D eigenvalue weighted by molar-refractivity contribution is -0.387. The fraction of sp³-hybridized carbons (Fsp3) is 0.882. The zero-order chi connectivity index (χ0) is 48.9. The number of hydrogen-bond acceptors (Lipinski definition) is 27. The molecule has 6 unspecified atom stereocenters. The van der Waals surface area contributed by atoms with Crippen molar-refractivity contribution in [2.45, 2.75) is 147 Å². The first-order valence-electron chi connectivity index (χ1n) is 19.7. The van der Waals surface area contributed by atoms with Crippen molar-refractivity contribution in [3.63, 3.8) is 0 Å². The van der Waals surface area contributed by atoms with Crippen LogP contribution in [0, 0.1) is 0 Å². The number of aliphatic hydroxyl groups excluding tert-OH is 16. The predicted octanol–water partition coefficient (Wildman–Crippen LogP) is -13.1. The number of carboxylic acid groups (broad SMARTS) is 2. The van der Waals surface area contributed by atoms with Crippen molar-refractivity contribution in [3.8, 4) is 0 Å². The van der Waals surface area contributed by atoms with Gasteiger partial charge in [-0.1, -0.05) is 0 Å². The van der Waals surface area contributed by atoms with Crippen LogP contribution in [0.15, 0.2) is 0 Å². The highest BCUT2D eigenvalue weighted by atomic mass is 16.8. The summed E-state index contributed by atoms with van der Waals surface area (Å²) < 4.78 is 38.2. The minimum atomic E-state index is -3.42. The summed E-state index contributed by atoms with van der Waals surface area (Å²) in [4.78, 5) is 50.6. The lowest BCUT2D eigenvalue weighted by Crippen LogP contribution is -2.72. The summed E-state index contributed by atoms with van der Waals surface area (Å²) in [6, 6.07) is -3.93. The van der Waals surface area contributed by atoms with Crippen LogP contribution in [0.3, 0.4) is 0 Å². The Hall–Kier alpha value is -3.04. The summed E-state index contributed by atoms with van der Waals surface area (Å²) in [6.07, 6.45) is -42.2. The van der Waals surface area contributed by atoms with Gasteiger partial charge in [-0.3, -0.25) is 9.59 Å². The van der Waals surface area contributed by atoms with Crippen LogP contribution in [0.2, 0.25) is 0 Å². The van der Waals surface area contributed by atoms with Crippen LogP contribution < -0.4 is 10.6 Å². The van der Waals surface area contributed by atoms with Crippen LogP contribution in [0.1, 0.15) is 12.8 Å². The number of carbonyl (C=O) groups is 4. The van der Waals surface area contributed by atoms with E-state index in [2.05, 4.69) is 0 Å². The van der Waals surface area contributed by atoms with Gasteiger partial charge in [-0.05, 0) is 0 Å². The van der Waals surface area contributed by atoms with E-state index in [9.17, 15) is 111 Å². The summed E-state index contributed by atoms with van der Waals surface area (Å²) in [5.74, 6) is -13.7. The molecular weight excluding hydrogens is 900 g/mol. The molecule has 376 valence electrons. The quantitative estimate of drug-likeness (QED) is 0.0539. The zero-order valence-corrected chi connectivity index (χ0v) is 33.7. The first kappa shape index (κ1) is 54.6. The van der Waals surface area contributed by atoms with Crippen molar-refractivity contribution in [1.29, 1.82) is 0 Å². The Labute approximate surface area is 365 Å². The highest BCUT2D eigenvalue weighted by molar-refractivity contribution is 5.79. The largest absolute Gasteiger partial charge is 0.477 e. The molecule has 31 nitrogen and oxygen atoms in total. The van der Waals surface area contributed by atoms with Gasteiger partial charge in [-0.2, -0.15) is 0 Å². The summed E-state index contributed by atoms with van der Waals surface area (Å²) in [7, 11) is 0. The first-order chi connectivity index (χ1) is 30.5. The Balaban J connectivity index is 1.73. The number of nitrogens with one attached hydrogen (secondary N) is 2. The molecule has 0 aromatic carbocycles. The van der Waals surface area contributed by atoms with Crippen LogP contribution in [0.5, 0.6) is 0 Å². The Bertz CT molecular complexity index is 1600. The lowest BCUT2D eigenvalue weighted by Gasteiger charge is -2.51. The van der Waals surface area contributed by atoms with E-state index in [0.29, 0.717) is 0 Å². The van der Waals surface area contributed by atoms with Gasteiger partial charge in [0, 0.05) is 12.8 Å². The van der Waals surface area contributed by atoms with Crippen LogP contribution in [-0.2, 0) is 52.3 Å². The molecule has 4 rings (SSSR count). The summed E-state index contributed by atoms with van der Waals surface area (Å²) in [5, 5.41) is 192. The van der Waals surface area contributed by atoms with Crippen LogP contribution >= 0.6 is 0 Å². The number of carboxylic acids is 2. The monoisotopic (exact) mass is 956 g/mol. The van der Waals surface area contributed by atoms with Crippen molar-refractivity contribution in [2.24, 2.45) is 0 Å². The molecule has 0 radical (unpaired) electrons. The molecule has 2 amide bonds. The van der Waals surface area contributed by atoms with Crippen LogP contribution in [0.4, 0.5) is 0 Å². The standard InChI is InChI=1S/C34H56N2O29/c37-3-11(45)19(48)26-17(35-15(46)7-41)9(43)1-33(63-26,31(55)56)62-13(5-39)21(50)27-18(36-16(47)8-42)10(44)2-34(64-27,32(57)58)65-28-20(49)12(4-38)60-30(24(28)53)61-25-14(6-40)59-29(54)23(52)22(25)51/h9-14,17-30,37-45,48-54H,1-8H2,(H,35,46)(H,36,47)(H,55,56)(H,57,58)/t9-,10?,11+,12+,13?,14+,17+,18?,19+,20-,21?,22+,23+,24+,25+,26+,27?,28-,29+,30-,33+,34?/m0/s1. The van der Waals surface area contributed by atoms with Gasteiger partial charge in [0.1, 0.15) is 98.7 Å². The Kier molecular flexibility index (Phi) is 19.2. The maximum atomic E-state index is 13.2. The molecule has 4 fully saturated rings. The Morgan fingerprint density at radius 1 is 0.615 bits per heavy atom. The maximum absolute atomic E-state index is 13.2. The first-order valence-corrected chi connectivity index (χ1v) is 19.7. The van der Waals surface area contributed by atoms with Crippen molar-refractivity contribution in [2.75, 3.05) is 39.6 Å². The van der Waals surface area contributed by atoms with Crippen molar-refractivity contribution >= 4 is 23.8 Å². The Morgan fingerprint density at radius 2 is 1.12 bits per heavy atom. The van der Waals surface area contributed by atoms with E-state index >= 15 is 0 Å². The number of aliphatic hydroxyl groups is 16. The van der Waals surface area contributed by atoms with Gasteiger partial charge < -0.3 is 136 Å². The molecule has 0 aromatic rings. The van der Waals surface area contributed by atoms with Gasteiger partial charge in [0.2, 0.25) is 11.8 Å². The maximum Gasteiger partial charge on any atom is 0.364 e. The fourth-order valence-electron chi connectivity index (χ4n) is 7.75. The highest BCUT2D eigenvalue weighted by Gasteiger charge is 2.62. The second kappa shape index (κ2) is 22.8. The highest BCUT2D eigenvalue weighted by Crippen LogP contribution is 2.40. The minimum absolute atomic E-state index is 0.983. The van der Waals surface area contributed by atoms with Crippen molar-refractivity contribution < 1.29 is 144 Å². The molecule has 4 aliphatic heterocycles. The molecule has 4 saturated heterocycles. The minimum Gasteiger partial charge on any atom is -0.477 e. The van der Waals surface area contributed by atoms with E-state index in [0.717, 1.165) is 0 Å². The van der Waals surface area contributed by atoms with E-state index in [1.807, 2.05) is 10.6 Å². The van der Waals surface area contributed by atoms with Crippen molar-refractivity contribution in [1.82, 2.24) is 10.6 Å². The molecule has 20 N–H and O–H groups in total. The number of hydrogen-bond donors (Lipinski definition) is 20. The van der Waals surface area contributed by atoms with Gasteiger partial charge >= 0.3 is 11.9 Å². The van der Waals surface area contributed by atoms with E-state index in [1.165, 1.54) is 0 Å². The lowest BCUT2D eigenvalue weighted by atomic mass is 9.87. The van der Waals surface area contributed by atoms with E-state index in [4.69, 9.17) is 33.2 Å². The van der Waals surface area contributed by atoms with Crippen LogP contribution in [-0.4, -0.2) is 289 Å². The molecular formula is C34H56N2O29. The average molecular weight is 957 g/mol. The third kappa shape index (κ3) is 11.6. The molecule has 65 heavy (non-hydrogen) atoms. The number of ether oxygens (including phenoxy) is 7. The molecule has 0 bridgehead atoms. The summed E-state index contributed by atoms with van der Waals surface area (Å²) in [5.41, 5.74) is 0. The normalized spacial score (nSPS) is 42.0. The molecule has 0 aromatic heterocycles. The van der Waals surface area contributed by atoms with Gasteiger partial charge in [0.15, 0.2) is 12.6 Å². The number of amides is 2. The van der Waals surface area contributed by atoms with Gasteiger partial charge in [-0.15, -0.1) is 0 Å². The molecule has 0 spiro atoms. The second-order valence-corrected chi connectivity index (χ2v) is 15.5. The second-order valence-electron chi connectivity index (χ2n) is 15.5. The number of rotatable bonds is 20. The third-order valence-electron chi connectivity index (χ3n) is 11.2. The summed E-state index contributed by atoms with van der Waals surface area (Å²) >= 11 is 0. The van der Waals surface area contributed by atoms with Crippen LogP contribution in [0.25, 0.3) is 0 Å². The molecule has 0 aliphatic carbocycles. The molecule has 22 atom stereocenters. The molecule has 4 aliphatic rings. The topological polar surface area (TPSA) is 521 Å². The molecule has 4 heterocycles. The zero-order valence-electron chi connectivity index (χ0n) is 33.7. The van der Waals surface area contributed by atoms with Gasteiger partial charge in [0.25, 0.3) is 11.6 Å². The number of aliphatic carboxylic acids is 2. The third-order valence-corrected chi connectivity index (χ3v) is 11.2. The van der Waals surface area contributed by atoms with Crippen molar-refractivity contribution in [3.05, 3.63) is 0 Å². The SMILES string of the molecule is O=C(CO)NC1C(O)CC(O[C@H]2[C@@H](O)[C@@H](CO)O[C@@H](O[C@H]3[C@H](O)[C@@H](O)[C@H](O)O[C@@H]3CO)[C@@H]2O)(C(=O)O)OC1C(O)C(CO)O[C@]1(C(=O)O)C[C@H](O)[C@@H](NC(=O)CO)[C@H]([C@H](O)[C@H](O)CO)O1. The fourth-order valence-corrected chi connectivity index (χ4v) is 7.75. The summed E-state index contributed by atoms with van der Waals surface area (Å²) in [6.45, 7) is -7.36. The van der Waals surface area contributed by atoms with E-state index in [-0.39, 0.29) is 0 Å². The van der Waals surface area contributed by atoms with E-state index < -0.39 is 210 Å². The van der Waals surface area contributed by atoms with E-state index in [1.54, 1.807) is 0 Å². The average Bonchev–Trinajstić information content (AvgIpc) is 3.27. The smallest absolute Gasteiger partial charge is 0.364 e. The molecule has 0 saturated carbocycles. The molecule has 31 heteroatoms. The Morgan fingerprint density at radius 3 is 1.60 bits per heavy atom. The van der Waals surface area contributed by atoms with Gasteiger partial charge in [-0.25, -0.2) is 9.59 Å². The number of carbonyl (C=O) groups excluding carboxylic acids is 2.